The Balaban J connectivity index is 1.46. The number of nitriles is 1. The Bertz CT molecular complexity index is 687. The van der Waals surface area contributed by atoms with Gasteiger partial charge in [-0.05, 0) is 12.1 Å². The Morgan fingerprint density at radius 1 is 1.22 bits per heavy atom. The summed E-state index contributed by atoms with van der Waals surface area (Å²) >= 11 is 3.14. The lowest BCUT2D eigenvalue weighted by Crippen LogP contribution is -2.47. The summed E-state index contributed by atoms with van der Waals surface area (Å²) in [6.45, 7) is 4.96. The molecule has 1 aromatic carbocycles. The van der Waals surface area contributed by atoms with Crippen LogP contribution in [0.25, 0.3) is 0 Å². The molecule has 1 aromatic heterocycles. The van der Waals surface area contributed by atoms with E-state index < -0.39 is 0 Å². The van der Waals surface area contributed by atoms with Gasteiger partial charge >= 0.3 is 0 Å². The van der Waals surface area contributed by atoms with E-state index in [-0.39, 0.29) is 0 Å². The Hall–Kier alpha value is -1.82. The smallest absolute Gasteiger partial charge is 0.203 e. The Labute approximate surface area is 143 Å². The molecular weight excluding hydrogens is 328 g/mol. The summed E-state index contributed by atoms with van der Waals surface area (Å²) in [6.07, 6.45) is 0. The van der Waals surface area contributed by atoms with E-state index in [1.807, 2.05) is 24.3 Å². The maximum absolute atomic E-state index is 9.22. The lowest BCUT2D eigenvalue weighted by atomic mass is 10.1. The number of thioether (sulfide) groups is 1. The fourth-order valence-electron chi connectivity index (χ4n) is 2.60. The van der Waals surface area contributed by atoms with Crippen molar-refractivity contribution in [3.05, 3.63) is 29.8 Å². The van der Waals surface area contributed by atoms with Crippen LogP contribution in [-0.2, 0) is 0 Å². The lowest BCUT2D eigenvalue weighted by Gasteiger charge is -2.36. The summed E-state index contributed by atoms with van der Waals surface area (Å²) in [5.41, 5.74) is 7.38. The SMILES string of the molecule is N#Cc1ccccc1N1CCN(CCSc2nnc(N)s2)CC1. The summed E-state index contributed by atoms with van der Waals surface area (Å²) < 4.78 is 0.934. The van der Waals surface area contributed by atoms with Crippen molar-refractivity contribution >= 4 is 33.9 Å². The van der Waals surface area contributed by atoms with E-state index in [4.69, 9.17) is 5.73 Å². The Morgan fingerprint density at radius 3 is 2.70 bits per heavy atom. The number of para-hydroxylation sites is 1. The summed E-state index contributed by atoms with van der Waals surface area (Å²) in [7, 11) is 0. The second-order valence-electron chi connectivity index (χ2n) is 5.21. The molecule has 0 radical (unpaired) electrons. The number of benzene rings is 1. The van der Waals surface area contributed by atoms with Crippen LogP contribution in [0, 0.1) is 11.3 Å². The Kier molecular flexibility index (Phi) is 5.33. The highest BCUT2D eigenvalue weighted by atomic mass is 32.2. The van der Waals surface area contributed by atoms with E-state index in [0.717, 1.165) is 54.1 Å². The summed E-state index contributed by atoms with van der Waals surface area (Å²) in [5.74, 6) is 0.989. The molecule has 2 N–H and O–H groups in total. The molecule has 1 fully saturated rings. The number of nitrogen functional groups attached to an aromatic ring is 1. The molecule has 0 saturated carbocycles. The van der Waals surface area contributed by atoms with Crippen LogP contribution >= 0.6 is 23.1 Å². The number of nitrogens with two attached hydrogens (primary N) is 1. The van der Waals surface area contributed by atoms with E-state index in [2.05, 4.69) is 26.1 Å². The normalized spacial score (nSPS) is 15.5. The number of aromatic nitrogens is 2. The van der Waals surface area contributed by atoms with E-state index in [1.54, 1.807) is 11.8 Å². The van der Waals surface area contributed by atoms with Crippen molar-refractivity contribution in [1.82, 2.24) is 15.1 Å². The zero-order chi connectivity index (χ0) is 16.1. The molecule has 0 atom stereocenters. The number of nitrogens with zero attached hydrogens (tertiary/aromatic N) is 5. The maximum Gasteiger partial charge on any atom is 0.203 e. The van der Waals surface area contributed by atoms with Crippen molar-refractivity contribution in [2.24, 2.45) is 0 Å². The monoisotopic (exact) mass is 346 g/mol. The summed E-state index contributed by atoms with van der Waals surface area (Å²) in [4.78, 5) is 4.75. The molecule has 0 bridgehead atoms. The molecular formula is C15H18N6S2. The van der Waals surface area contributed by atoms with Gasteiger partial charge in [-0.2, -0.15) is 5.26 Å². The average molecular weight is 346 g/mol. The molecule has 1 aliphatic heterocycles. The molecule has 2 aromatic rings. The zero-order valence-electron chi connectivity index (χ0n) is 12.7. The van der Waals surface area contributed by atoms with Gasteiger partial charge in [-0.3, -0.25) is 4.90 Å². The van der Waals surface area contributed by atoms with Gasteiger partial charge in [0.05, 0.1) is 11.3 Å². The van der Waals surface area contributed by atoms with E-state index in [0.29, 0.717) is 5.13 Å². The van der Waals surface area contributed by atoms with Gasteiger partial charge in [-0.15, -0.1) is 10.2 Å². The molecule has 1 saturated heterocycles. The van der Waals surface area contributed by atoms with Gasteiger partial charge in [-0.25, -0.2) is 0 Å². The topological polar surface area (TPSA) is 82.1 Å². The highest BCUT2D eigenvalue weighted by Crippen LogP contribution is 2.24. The minimum Gasteiger partial charge on any atom is -0.374 e. The number of piperazine rings is 1. The third-order valence-corrected chi connectivity index (χ3v) is 5.66. The molecule has 23 heavy (non-hydrogen) atoms. The minimum atomic E-state index is 0.525. The van der Waals surface area contributed by atoms with Crippen LogP contribution in [0.5, 0.6) is 0 Å². The van der Waals surface area contributed by atoms with Crippen LogP contribution < -0.4 is 10.6 Å². The number of anilines is 2. The number of hydrogen-bond acceptors (Lipinski definition) is 8. The van der Waals surface area contributed by atoms with Gasteiger partial charge < -0.3 is 10.6 Å². The highest BCUT2D eigenvalue weighted by Gasteiger charge is 2.18. The fourth-order valence-corrected chi connectivity index (χ4v) is 4.30. The molecule has 1 aliphatic rings. The second-order valence-corrected chi connectivity index (χ2v) is 7.56. The van der Waals surface area contributed by atoms with Gasteiger partial charge in [0.1, 0.15) is 6.07 Å². The lowest BCUT2D eigenvalue weighted by molar-refractivity contribution is 0.273. The molecule has 2 heterocycles. The van der Waals surface area contributed by atoms with Crippen LogP contribution in [0.1, 0.15) is 5.56 Å². The van der Waals surface area contributed by atoms with E-state index in [9.17, 15) is 5.26 Å². The first kappa shape index (κ1) is 16.1. The van der Waals surface area contributed by atoms with Crippen molar-refractivity contribution in [1.29, 1.82) is 5.26 Å². The quantitative estimate of drug-likeness (QED) is 0.828. The largest absolute Gasteiger partial charge is 0.374 e. The predicted molar refractivity (Wildman–Crippen MR) is 94.9 cm³/mol. The van der Waals surface area contributed by atoms with E-state index in [1.165, 1.54) is 11.3 Å². The molecule has 0 spiro atoms. The third-order valence-electron chi connectivity index (χ3n) is 3.79. The van der Waals surface area contributed by atoms with Gasteiger partial charge in [-0.1, -0.05) is 35.2 Å². The predicted octanol–water partition coefficient (Wildman–Crippen LogP) is 1.91. The second kappa shape index (κ2) is 7.64. The van der Waals surface area contributed by atoms with E-state index >= 15 is 0 Å². The van der Waals surface area contributed by atoms with Crippen molar-refractivity contribution in [3.63, 3.8) is 0 Å². The van der Waals surface area contributed by atoms with Gasteiger partial charge in [0.25, 0.3) is 0 Å². The van der Waals surface area contributed by atoms with Crippen molar-refractivity contribution in [3.8, 4) is 6.07 Å². The molecule has 120 valence electrons. The van der Waals surface area contributed by atoms with Crippen LogP contribution in [0.3, 0.4) is 0 Å². The highest BCUT2D eigenvalue weighted by molar-refractivity contribution is 8.01. The minimum absolute atomic E-state index is 0.525. The average Bonchev–Trinajstić information content (AvgIpc) is 3.01. The molecule has 3 rings (SSSR count). The van der Waals surface area contributed by atoms with Gasteiger partial charge in [0, 0.05) is 38.5 Å². The molecule has 8 heteroatoms. The standard InChI is InChI=1S/C15H18N6S2/c16-11-12-3-1-2-4-13(12)21-7-5-20(6-8-21)9-10-22-15-19-18-14(17)23-15/h1-4H,5-10H2,(H2,17,18). The van der Waals surface area contributed by atoms with Crippen molar-refractivity contribution < 1.29 is 0 Å². The van der Waals surface area contributed by atoms with Crippen LogP contribution in [-0.4, -0.2) is 53.6 Å². The summed E-state index contributed by atoms with van der Waals surface area (Å²) in [6, 6.07) is 10.1. The fraction of sp³-hybridized carbons (Fsp3) is 0.400. The molecule has 0 amide bonds. The van der Waals surface area contributed by atoms with Gasteiger partial charge in [0.2, 0.25) is 5.13 Å². The summed E-state index contributed by atoms with van der Waals surface area (Å²) in [5, 5.41) is 17.6. The third kappa shape index (κ3) is 4.13. The first-order chi connectivity index (χ1) is 11.3. The molecule has 6 nitrogen and oxygen atoms in total. The number of hydrogen-bond donors (Lipinski definition) is 1. The van der Waals surface area contributed by atoms with Crippen LogP contribution in [0.4, 0.5) is 10.8 Å². The van der Waals surface area contributed by atoms with Crippen molar-refractivity contribution in [2.75, 3.05) is 49.1 Å². The zero-order valence-corrected chi connectivity index (χ0v) is 14.3. The van der Waals surface area contributed by atoms with Crippen LogP contribution in [0.15, 0.2) is 28.6 Å². The first-order valence-corrected chi connectivity index (χ1v) is 9.24. The Morgan fingerprint density at radius 2 is 2.00 bits per heavy atom. The van der Waals surface area contributed by atoms with Crippen LogP contribution in [0.2, 0.25) is 0 Å². The van der Waals surface area contributed by atoms with Crippen molar-refractivity contribution in [2.45, 2.75) is 4.34 Å². The maximum atomic E-state index is 9.22. The molecule has 0 aliphatic carbocycles. The molecule has 0 unspecified atom stereocenters. The number of rotatable bonds is 5. The van der Waals surface area contributed by atoms with Gasteiger partial charge in [0.15, 0.2) is 4.34 Å². The first-order valence-electron chi connectivity index (χ1n) is 7.44.